The molecule has 1 saturated heterocycles. The van der Waals surface area contributed by atoms with Crippen LogP contribution in [0.2, 0.25) is 0 Å². The number of rotatable bonds is 5. The zero-order valence-electron chi connectivity index (χ0n) is 20.0. The predicted octanol–water partition coefficient (Wildman–Crippen LogP) is 3.65. The van der Waals surface area contributed by atoms with Gasteiger partial charge in [-0.2, -0.15) is 0 Å². The van der Waals surface area contributed by atoms with Gasteiger partial charge in [-0.25, -0.2) is 4.79 Å². The first-order valence-electron chi connectivity index (χ1n) is 12.4. The van der Waals surface area contributed by atoms with Crippen molar-refractivity contribution in [1.29, 1.82) is 0 Å². The number of piperazine rings is 1. The van der Waals surface area contributed by atoms with E-state index in [1.54, 1.807) is 0 Å². The fraction of sp³-hybridized carbons (Fsp3) is 0.692. The number of carbonyl (C=O) groups excluding carboxylic acids is 1. The molecule has 0 spiro atoms. The molecule has 6 rings (SSSR count). The summed E-state index contributed by atoms with van der Waals surface area (Å²) < 4.78 is 5.41. The van der Waals surface area contributed by atoms with Crippen LogP contribution in [0.25, 0.3) is 0 Å². The second-order valence-electron chi connectivity index (χ2n) is 11.4. The summed E-state index contributed by atoms with van der Waals surface area (Å²) in [6, 6.07) is 8.74. The van der Waals surface area contributed by atoms with E-state index in [9.17, 15) is 14.7 Å². The van der Waals surface area contributed by atoms with E-state index < -0.39 is 17.3 Å². The van der Waals surface area contributed by atoms with Gasteiger partial charge in [-0.3, -0.25) is 9.69 Å². The quantitative estimate of drug-likeness (QED) is 0.660. The van der Waals surface area contributed by atoms with Gasteiger partial charge in [-0.1, -0.05) is 12.1 Å². The first-order chi connectivity index (χ1) is 15.6. The highest BCUT2D eigenvalue weighted by Crippen LogP contribution is 2.57. The molecule has 5 fully saturated rings. The highest BCUT2D eigenvalue weighted by Gasteiger charge is 2.58. The van der Waals surface area contributed by atoms with E-state index in [-0.39, 0.29) is 11.9 Å². The highest BCUT2D eigenvalue weighted by atomic mass is 16.7. The summed E-state index contributed by atoms with van der Waals surface area (Å²) in [4.78, 5) is 29.5. The number of benzene rings is 1. The maximum Gasteiger partial charge on any atom is 0.506 e. The molecule has 2 N–H and O–H groups in total. The van der Waals surface area contributed by atoms with Crippen LogP contribution in [0.3, 0.4) is 0 Å². The Morgan fingerprint density at radius 2 is 1.76 bits per heavy atom. The summed E-state index contributed by atoms with van der Waals surface area (Å²) in [5, 5.41) is 12.7. The second-order valence-corrected chi connectivity index (χ2v) is 11.4. The normalized spacial score (nSPS) is 33.7. The molecule has 1 aromatic rings. The SMILES string of the molecule is Cc1cccc(N2CCN(C(C)(C)C(=O)NC3C4CC5CC3CC(OC(=O)O)(C5)C4)CC2)c1. The maximum absolute atomic E-state index is 13.5. The van der Waals surface area contributed by atoms with Gasteiger partial charge in [-0.05, 0) is 88.3 Å². The van der Waals surface area contributed by atoms with E-state index in [4.69, 9.17) is 4.74 Å². The Morgan fingerprint density at radius 3 is 2.36 bits per heavy atom. The summed E-state index contributed by atoms with van der Waals surface area (Å²) in [7, 11) is 0. The Morgan fingerprint density at radius 1 is 1.09 bits per heavy atom. The lowest BCUT2D eigenvalue weighted by molar-refractivity contribution is -0.157. The van der Waals surface area contributed by atoms with Gasteiger partial charge in [-0.15, -0.1) is 0 Å². The second kappa shape index (κ2) is 8.19. The molecule has 33 heavy (non-hydrogen) atoms. The minimum atomic E-state index is -1.16. The number of aryl methyl sites for hydroxylation is 1. The standard InChI is InChI=1S/C26H37N3O4/c1-17-5-4-6-21(11-17)28-7-9-29(10-8-28)25(2,3)23(30)27-22-19-12-18-13-20(22)16-26(14-18,15-19)33-24(31)32/h4-6,11,18-20,22H,7-10,12-16H2,1-3H3,(H,27,30)(H,31,32). The van der Waals surface area contributed by atoms with Gasteiger partial charge >= 0.3 is 6.16 Å². The van der Waals surface area contributed by atoms with Crippen molar-refractivity contribution in [1.82, 2.24) is 10.2 Å². The van der Waals surface area contributed by atoms with Gasteiger partial charge in [0, 0.05) is 37.9 Å². The largest absolute Gasteiger partial charge is 0.506 e. The van der Waals surface area contributed by atoms with Crippen LogP contribution in [-0.4, -0.2) is 65.4 Å². The molecule has 180 valence electrons. The number of ether oxygens (including phenoxy) is 1. The Bertz CT molecular complexity index is 908. The Labute approximate surface area is 196 Å². The molecule has 0 aromatic heterocycles. The van der Waals surface area contributed by atoms with E-state index in [1.807, 2.05) is 13.8 Å². The lowest BCUT2D eigenvalue weighted by Gasteiger charge is -2.59. The molecule has 2 atom stereocenters. The molecular formula is C26H37N3O4. The summed E-state index contributed by atoms with van der Waals surface area (Å²) in [5.41, 5.74) is 1.41. The third-order valence-electron chi connectivity index (χ3n) is 8.81. The number of carbonyl (C=O) groups is 2. The van der Waals surface area contributed by atoms with Crippen molar-refractivity contribution in [2.45, 2.75) is 70.1 Å². The fourth-order valence-electron chi connectivity index (χ4n) is 7.32. The minimum absolute atomic E-state index is 0.0946. The van der Waals surface area contributed by atoms with Crippen LogP contribution >= 0.6 is 0 Å². The van der Waals surface area contributed by atoms with Crippen LogP contribution in [0.1, 0.15) is 51.5 Å². The molecule has 5 aliphatic rings. The van der Waals surface area contributed by atoms with Gasteiger partial charge in [0.15, 0.2) is 0 Å². The first kappa shape index (κ1) is 22.5. The number of anilines is 1. The summed E-state index contributed by atoms with van der Waals surface area (Å²) in [6.45, 7) is 9.71. The van der Waals surface area contributed by atoms with Crippen LogP contribution in [-0.2, 0) is 9.53 Å². The van der Waals surface area contributed by atoms with E-state index in [0.29, 0.717) is 17.8 Å². The topological polar surface area (TPSA) is 82.1 Å². The van der Waals surface area contributed by atoms with Crippen molar-refractivity contribution in [3.63, 3.8) is 0 Å². The predicted molar refractivity (Wildman–Crippen MR) is 126 cm³/mol. The van der Waals surface area contributed by atoms with Gasteiger partial charge in [0.1, 0.15) is 5.60 Å². The van der Waals surface area contributed by atoms with Crippen LogP contribution in [0.15, 0.2) is 24.3 Å². The third-order valence-corrected chi connectivity index (χ3v) is 8.81. The maximum atomic E-state index is 13.5. The van der Waals surface area contributed by atoms with Crippen molar-refractivity contribution >= 4 is 17.7 Å². The summed E-state index contributed by atoms with van der Waals surface area (Å²) in [6.07, 6.45) is 3.32. The molecule has 1 heterocycles. The van der Waals surface area contributed by atoms with Crippen LogP contribution in [0, 0.1) is 24.7 Å². The average molecular weight is 456 g/mol. The molecule has 1 aromatic carbocycles. The van der Waals surface area contributed by atoms with Crippen molar-refractivity contribution in [2.75, 3.05) is 31.1 Å². The first-order valence-corrected chi connectivity index (χ1v) is 12.4. The summed E-state index contributed by atoms with van der Waals surface area (Å²) in [5.74, 6) is 1.25. The van der Waals surface area contributed by atoms with Gasteiger partial charge in [0.2, 0.25) is 5.91 Å². The monoisotopic (exact) mass is 455 g/mol. The molecule has 1 aliphatic heterocycles. The molecule has 7 heteroatoms. The van der Waals surface area contributed by atoms with E-state index in [2.05, 4.69) is 46.3 Å². The molecule has 2 unspecified atom stereocenters. The number of hydrogen-bond acceptors (Lipinski definition) is 5. The number of nitrogens with one attached hydrogen (secondary N) is 1. The zero-order valence-corrected chi connectivity index (χ0v) is 20.0. The zero-order chi connectivity index (χ0) is 23.4. The Kier molecular flexibility index (Phi) is 5.58. The third kappa shape index (κ3) is 4.20. The van der Waals surface area contributed by atoms with Gasteiger partial charge in [0.25, 0.3) is 0 Å². The number of nitrogens with zero attached hydrogens (tertiary/aromatic N) is 2. The van der Waals surface area contributed by atoms with Gasteiger partial charge in [0.05, 0.1) is 5.54 Å². The highest BCUT2D eigenvalue weighted by molar-refractivity contribution is 5.85. The lowest BCUT2D eigenvalue weighted by atomic mass is 9.52. The van der Waals surface area contributed by atoms with Crippen molar-refractivity contribution in [3.05, 3.63) is 29.8 Å². The van der Waals surface area contributed by atoms with Crippen LogP contribution in [0.4, 0.5) is 10.5 Å². The lowest BCUT2D eigenvalue weighted by Crippen LogP contribution is -2.66. The van der Waals surface area contributed by atoms with Gasteiger partial charge < -0.3 is 20.1 Å². The molecule has 4 bridgehead atoms. The molecule has 1 amide bonds. The van der Waals surface area contributed by atoms with Crippen LogP contribution < -0.4 is 10.2 Å². The minimum Gasteiger partial charge on any atom is -0.450 e. The van der Waals surface area contributed by atoms with E-state index >= 15 is 0 Å². The Hall–Kier alpha value is -2.28. The smallest absolute Gasteiger partial charge is 0.450 e. The average Bonchev–Trinajstić information content (AvgIpc) is 2.75. The summed E-state index contributed by atoms with van der Waals surface area (Å²) >= 11 is 0. The van der Waals surface area contributed by atoms with E-state index in [0.717, 1.165) is 58.3 Å². The van der Waals surface area contributed by atoms with E-state index in [1.165, 1.54) is 11.3 Å². The van der Waals surface area contributed by atoms with Crippen molar-refractivity contribution in [2.24, 2.45) is 17.8 Å². The molecule has 7 nitrogen and oxygen atoms in total. The molecular weight excluding hydrogens is 418 g/mol. The number of carboxylic acid groups (broad SMARTS) is 1. The Balaban J connectivity index is 1.21. The van der Waals surface area contributed by atoms with Crippen molar-refractivity contribution in [3.8, 4) is 0 Å². The molecule has 4 aliphatic carbocycles. The number of hydrogen-bond donors (Lipinski definition) is 2. The molecule has 4 saturated carbocycles. The molecule has 0 radical (unpaired) electrons. The fourth-order valence-corrected chi connectivity index (χ4v) is 7.32. The van der Waals surface area contributed by atoms with Crippen molar-refractivity contribution < 1.29 is 19.4 Å². The van der Waals surface area contributed by atoms with Crippen LogP contribution in [0.5, 0.6) is 0 Å². The number of amides is 1.